The topological polar surface area (TPSA) is 67.9 Å². The summed E-state index contributed by atoms with van der Waals surface area (Å²) in [6, 6.07) is 12.5. The number of nitrogens with one attached hydrogen (secondary N) is 1. The van der Waals surface area contributed by atoms with Crippen LogP contribution in [0.1, 0.15) is 29.3 Å². The van der Waals surface area contributed by atoms with Gasteiger partial charge in [0.15, 0.2) is 0 Å². The molecule has 0 aliphatic rings. The third kappa shape index (κ3) is 5.23. The van der Waals surface area contributed by atoms with E-state index in [1.165, 1.54) is 12.0 Å². The first-order valence-electron chi connectivity index (χ1n) is 8.87. The van der Waals surface area contributed by atoms with Crippen LogP contribution in [0.15, 0.2) is 42.5 Å². The molecular weight excluding hydrogens is 344 g/mol. The van der Waals surface area contributed by atoms with Crippen molar-refractivity contribution in [2.45, 2.75) is 20.3 Å². The summed E-state index contributed by atoms with van der Waals surface area (Å²) in [5.41, 5.74) is 2.11. The summed E-state index contributed by atoms with van der Waals surface area (Å²) in [5.74, 6) is 0.525. The molecule has 6 heteroatoms. The second kappa shape index (κ2) is 9.62. The standard InChI is InChI=1S/C21H26N2O4/c1-5-12-23(14-20(24)22-18-9-7-6-8-15(18)2)21(25)17-11-10-16(26-3)13-19(17)27-4/h6-11,13H,5,12,14H2,1-4H3,(H,22,24). The molecule has 2 aromatic rings. The average molecular weight is 370 g/mol. The van der Waals surface area contributed by atoms with Gasteiger partial charge in [-0.05, 0) is 37.1 Å². The molecule has 27 heavy (non-hydrogen) atoms. The zero-order valence-electron chi connectivity index (χ0n) is 16.2. The van der Waals surface area contributed by atoms with Crippen LogP contribution >= 0.6 is 0 Å². The lowest BCUT2D eigenvalue weighted by atomic mass is 10.1. The highest BCUT2D eigenvalue weighted by Gasteiger charge is 2.22. The molecule has 0 aromatic heterocycles. The number of carbonyl (C=O) groups excluding carboxylic acids is 2. The summed E-state index contributed by atoms with van der Waals surface area (Å²) in [4.78, 5) is 27.0. The van der Waals surface area contributed by atoms with E-state index in [4.69, 9.17) is 9.47 Å². The fraction of sp³-hybridized carbons (Fsp3) is 0.333. The number of nitrogens with zero attached hydrogens (tertiary/aromatic N) is 1. The van der Waals surface area contributed by atoms with Crippen LogP contribution in [0, 0.1) is 6.92 Å². The van der Waals surface area contributed by atoms with Crippen LogP contribution < -0.4 is 14.8 Å². The zero-order chi connectivity index (χ0) is 19.8. The van der Waals surface area contributed by atoms with Gasteiger partial charge in [-0.1, -0.05) is 25.1 Å². The molecule has 2 aromatic carbocycles. The van der Waals surface area contributed by atoms with Crippen molar-refractivity contribution in [1.29, 1.82) is 0 Å². The van der Waals surface area contributed by atoms with Gasteiger partial charge < -0.3 is 19.7 Å². The van der Waals surface area contributed by atoms with Crippen LogP contribution in [0.2, 0.25) is 0 Å². The lowest BCUT2D eigenvalue weighted by molar-refractivity contribution is -0.116. The first-order valence-corrected chi connectivity index (χ1v) is 8.87. The molecule has 6 nitrogen and oxygen atoms in total. The Morgan fingerprint density at radius 1 is 1.07 bits per heavy atom. The van der Waals surface area contributed by atoms with Crippen LogP contribution in [-0.2, 0) is 4.79 Å². The fourth-order valence-corrected chi connectivity index (χ4v) is 2.74. The monoisotopic (exact) mass is 370 g/mol. The lowest BCUT2D eigenvalue weighted by Gasteiger charge is -2.23. The van der Waals surface area contributed by atoms with E-state index in [2.05, 4.69) is 5.32 Å². The number of methoxy groups -OCH3 is 2. The molecule has 0 heterocycles. The van der Waals surface area contributed by atoms with Gasteiger partial charge in [0.05, 0.1) is 19.8 Å². The van der Waals surface area contributed by atoms with Crippen molar-refractivity contribution in [1.82, 2.24) is 4.90 Å². The normalized spacial score (nSPS) is 10.2. The minimum Gasteiger partial charge on any atom is -0.497 e. The summed E-state index contributed by atoms with van der Waals surface area (Å²) in [6.07, 6.45) is 0.738. The molecular formula is C21H26N2O4. The Balaban J connectivity index is 2.17. The van der Waals surface area contributed by atoms with E-state index in [-0.39, 0.29) is 18.4 Å². The maximum absolute atomic E-state index is 13.0. The molecule has 0 spiro atoms. The first kappa shape index (κ1) is 20.3. The van der Waals surface area contributed by atoms with Crippen molar-refractivity contribution < 1.29 is 19.1 Å². The smallest absolute Gasteiger partial charge is 0.258 e. The third-order valence-corrected chi connectivity index (χ3v) is 4.17. The summed E-state index contributed by atoms with van der Waals surface area (Å²) in [5, 5.41) is 2.87. The van der Waals surface area contributed by atoms with E-state index in [9.17, 15) is 9.59 Å². The second-order valence-corrected chi connectivity index (χ2v) is 6.16. The van der Waals surface area contributed by atoms with Crippen LogP contribution in [-0.4, -0.2) is 44.0 Å². The van der Waals surface area contributed by atoms with Crippen LogP contribution in [0.3, 0.4) is 0 Å². The maximum Gasteiger partial charge on any atom is 0.258 e. The average Bonchev–Trinajstić information content (AvgIpc) is 2.68. The molecule has 0 aliphatic heterocycles. The lowest BCUT2D eigenvalue weighted by Crippen LogP contribution is -2.38. The predicted molar refractivity (Wildman–Crippen MR) is 106 cm³/mol. The minimum absolute atomic E-state index is 0.0316. The Kier molecular flexibility index (Phi) is 7.23. The zero-order valence-corrected chi connectivity index (χ0v) is 16.2. The summed E-state index contributed by atoms with van der Waals surface area (Å²) in [6.45, 7) is 4.32. The molecule has 0 unspecified atom stereocenters. The molecule has 0 saturated heterocycles. The van der Waals surface area contributed by atoms with Crippen LogP contribution in [0.25, 0.3) is 0 Å². The van der Waals surface area contributed by atoms with Gasteiger partial charge in [-0.2, -0.15) is 0 Å². The summed E-state index contributed by atoms with van der Waals surface area (Å²) >= 11 is 0. The van der Waals surface area contributed by atoms with Crippen molar-refractivity contribution >= 4 is 17.5 Å². The number of ether oxygens (including phenoxy) is 2. The highest BCUT2D eigenvalue weighted by Crippen LogP contribution is 2.26. The maximum atomic E-state index is 13.0. The van der Waals surface area contributed by atoms with Gasteiger partial charge in [0, 0.05) is 18.3 Å². The van der Waals surface area contributed by atoms with Crippen LogP contribution in [0.5, 0.6) is 11.5 Å². The number of benzene rings is 2. The second-order valence-electron chi connectivity index (χ2n) is 6.16. The molecule has 2 amide bonds. The molecule has 0 atom stereocenters. The van der Waals surface area contributed by atoms with Gasteiger partial charge in [-0.25, -0.2) is 0 Å². The quantitative estimate of drug-likeness (QED) is 0.772. The number of carbonyl (C=O) groups is 2. The van der Waals surface area contributed by atoms with Crippen molar-refractivity contribution in [2.24, 2.45) is 0 Å². The van der Waals surface area contributed by atoms with E-state index in [0.717, 1.165) is 17.7 Å². The molecule has 144 valence electrons. The van der Waals surface area contributed by atoms with E-state index < -0.39 is 0 Å². The fourth-order valence-electron chi connectivity index (χ4n) is 2.74. The van der Waals surface area contributed by atoms with Crippen molar-refractivity contribution in [2.75, 3.05) is 32.6 Å². The number of anilines is 1. The Morgan fingerprint density at radius 3 is 2.44 bits per heavy atom. The van der Waals surface area contributed by atoms with Crippen molar-refractivity contribution in [3.05, 3.63) is 53.6 Å². The van der Waals surface area contributed by atoms with E-state index in [1.807, 2.05) is 38.1 Å². The molecule has 2 rings (SSSR count). The van der Waals surface area contributed by atoms with Gasteiger partial charge in [0.25, 0.3) is 5.91 Å². The number of para-hydroxylation sites is 1. The number of aryl methyl sites for hydroxylation is 1. The summed E-state index contributed by atoms with van der Waals surface area (Å²) < 4.78 is 10.5. The third-order valence-electron chi connectivity index (χ3n) is 4.17. The van der Waals surface area contributed by atoms with Crippen molar-refractivity contribution in [3.8, 4) is 11.5 Å². The van der Waals surface area contributed by atoms with Gasteiger partial charge in [-0.3, -0.25) is 9.59 Å². The number of hydrogen-bond donors (Lipinski definition) is 1. The van der Waals surface area contributed by atoms with Gasteiger partial charge in [0.1, 0.15) is 18.0 Å². The van der Waals surface area contributed by atoms with Crippen LogP contribution in [0.4, 0.5) is 5.69 Å². The first-order chi connectivity index (χ1) is 13.0. The Hall–Kier alpha value is -3.02. The highest BCUT2D eigenvalue weighted by molar-refractivity contribution is 6.01. The van der Waals surface area contributed by atoms with E-state index >= 15 is 0 Å². The van der Waals surface area contributed by atoms with Gasteiger partial charge in [-0.15, -0.1) is 0 Å². The highest BCUT2D eigenvalue weighted by atomic mass is 16.5. The Bertz CT molecular complexity index is 805. The van der Waals surface area contributed by atoms with Gasteiger partial charge >= 0.3 is 0 Å². The number of hydrogen-bond acceptors (Lipinski definition) is 4. The molecule has 0 saturated carbocycles. The van der Waals surface area contributed by atoms with E-state index in [1.54, 1.807) is 25.3 Å². The molecule has 0 bridgehead atoms. The van der Waals surface area contributed by atoms with Gasteiger partial charge in [0.2, 0.25) is 5.91 Å². The van der Waals surface area contributed by atoms with E-state index in [0.29, 0.717) is 23.6 Å². The Morgan fingerprint density at radius 2 is 1.81 bits per heavy atom. The minimum atomic E-state index is -0.253. The molecule has 0 aliphatic carbocycles. The summed E-state index contributed by atoms with van der Waals surface area (Å²) in [7, 11) is 3.05. The predicted octanol–water partition coefficient (Wildman–Crippen LogP) is 3.50. The number of rotatable bonds is 8. The molecule has 0 fully saturated rings. The largest absolute Gasteiger partial charge is 0.497 e. The molecule has 0 radical (unpaired) electrons. The van der Waals surface area contributed by atoms with Crippen molar-refractivity contribution in [3.63, 3.8) is 0 Å². The number of amides is 2. The SMILES string of the molecule is CCCN(CC(=O)Nc1ccccc1C)C(=O)c1ccc(OC)cc1OC. The Labute approximate surface area is 160 Å². The molecule has 1 N–H and O–H groups in total.